The van der Waals surface area contributed by atoms with Gasteiger partial charge in [-0.2, -0.15) is 0 Å². The first-order chi connectivity index (χ1) is 12.4. The zero-order chi connectivity index (χ0) is 18.5. The summed E-state index contributed by atoms with van der Waals surface area (Å²) in [5, 5.41) is 0. The Morgan fingerprint density at radius 1 is 0.962 bits per heavy atom. The third-order valence-electron chi connectivity index (χ3n) is 5.98. The Kier molecular flexibility index (Phi) is 4.32. The first-order valence-electron chi connectivity index (χ1n) is 9.25. The van der Waals surface area contributed by atoms with Crippen molar-refractivity contribution in [1.82, 2.24) is 4.90 Å². The minimum absolute atomic E-state index is 0.376. The maximum atomic E-state index is 13.1. The molecule has 2 aliphatic heterocycles. The standard InChI is InChI=1S/C21H26N2O2S/c1-15-5-4-6-16(13-15)26(24,25)17-7-8-20-19(14-17)18-9-11-22(2)12-10-21(18)23(20)3/h4-8,13-14,18,21H,9-12H2,1-3H3/t18-,21-/m0/s1. The Hall–Kier alpha value is -1.85. The summed E-state index contributed by atoms with van der Waals surface area (Å²) in [6.45, 7) is 4.07. The summed E-state index contributed by atoms with van der Waals surface area (Å²) in [5.74, 6) is 0.410. The molecule has 2 aliphatic rings. The highest BCUT2D eigenvalue weighted by atomic mass is 32.2. The van der Waals surface area contributed by atoms with Gasteiger partial charge >= 0.3 is 0 Å². The van der Waals surface area contributed by atoms with Gasteiger partial charge in [0.2, 0.25) is 9.84 Å². The lowest BCUT2D eigenvalue weighted by Gasteiger charge is -2.25. The second-order valence-electron chi connectivity index (χ2n) is 7.71. The van der Waals surface area contributed by atoms with Crippen LogP contribution in [0.2, 0.25) is 0 Å². The van der Waals surface area contributed by atoms with E-state index >= 15 is 0 Å². The second-order valence-corrected chi connectivity index (χ2v) is 9.66. The first kappa shape index (κ1) is 17.6. The smallest absolute Gasteiger partial charge is 0.206 e. The Labute approximate surface area is 156 Å². The van der Waals surface area contributed by atoms with Gasteiger partial charge in [-0.15, -0.1) is 0 Å². The van der Waals surface area contributed by atoms with Crippen molar-refractivity contribution in [1.29, 1.82) is 0 Å². The quantitative estimate of drug-likeness (QED) is 0.812. The highest BCUT2D eigenvalue weighted by Gasteiger charge is 2.38. The number of nitrogens with zero attached hydrogens (tertiary/aromatic N) is 2. The van der Waals surface area contributed by atoms with Crippen molar-refractivity contribution < 1.29 is 8.42 Å². The molecule has 138 valence electrons. The van der Waals surface area contributed by atoms with E-state index in [1.54, 1.807) is 24.3 Å². The van der Waals surface area contributed by atoms with Gasteiger partial charge in [-0.3, -0.25) is 0 Å². The molecule has 5 heteroatoms. The lowest BCUT2D eigenvalue weighted by Crippen LogP contribution is -2.31. The van der Waals surface area contributed by atoms with E-state index in [1.165, 1.54) is 11.3 Å². The molecule has 1 fully saturated rings. The third-order valence-corrected chi connectivity index (χ3v) is 7.73. The van der Waals surface area contributed by atoms with Crippen molar-refractivity contribution >= 4 is 15.5 Å². The molecule has 1 saturated heterocycles. The number of likely N-dealkylation sites (tertiary alicyclic amines) is 1. The summed E-state index contributed by atoms with van der Waals surface area (Å²) < 4.78 is 26.3. The molecule has 26 heavy (non-hydrogen) atoms. The molecule has 2 heterocycles. The van der Waals surface area contributed by atoms with Crippen LogP contribution in [-0.2, 0) is 9.84 Å². The average Bonchev–Trinajstić information content (AvgIpc) is 2.75. The number of rotatable bonds is 2. The van der Waals surface area contributed by atoms with Gasteiger partial charge in [0.25, 0.3) is 0 Å². The summed E-state index contributed by atoms with van der Waals surface area (Å²) in [6.07, 6.45) is 2.19. The lowest BCUT2D eigenvalue weighted by atomic mass is 9.91. The topological polar surface area (TPSA) is 40.6 Å². The summed E-state index contributed by atoms with van der Waals surface area (Å²) in [6, 6.07) is 13.3. The van der Waals surface area contributed by atoms with Crippen LogP contribution in [-0.4, -0.2) is 46.5 Å². The van der Waals surface area contributed by atoms with Crippen LogP contribution in [0, 0.1) is 6.92 Å². The van der Waals surface area contributed by atoms with E-state index in [-0.39, 0.29) is 0 Å². The molecule has 4 nitrogen and oxygen atoms in total. The number of benzene rings is 2. The molecule has 0 unspecified atom stereocenters. The van der Waals surface area contributed by atoms with Crippen molar-refractivity contribution in [2.75, 3.05) is 32.1 Å². The van der Waals surface area contributed by atoms with Crippen molar-refractivity contribution in [3.05, 3.63) is 53.6 Å². The fraction of sp³-hybridized carbons (Fsp3) is 0.429. The van der Waals surface area contributed by atoms with E-state index in [0.29, 0.717) is 21.8 Å². The van der Waals surface area contributed by atoms with E-state index in [2.05, 4.69) is 23.9 Å². The number of hydrogen-bond donors (Lipinski definition) is 0. The molecular formula is C21H26N2O2S. The van der Waals surface area contributed by atoms with Gasteiger partial charge in [0.1, 0.15) is 0 Å². The molecule has 2 atom stereocenters. The maximum absolute atomic E-state index is 13.1. The minimum Gasteiger partial charge on any atom is -0.371 e. The van der Waals surface area contributed by atoms with Crippen LogP contribution in [0.3, 0.4) is 0 Å². The number of anilines is 1. The number of likely N-dealkylation sites (N-methyl/N-ethyl adjacent to an activating group) is 1. The van der Waals surface area contributed by atoms with Gasteiger partial charge < -0.3 is 9.80 Å². The molecular weight excluding hydrogens is 344 g/mol. The normalized spacial score (nSPS) is 23.4. The van der Waals surface area contributed by atoms with Gasteiger partial charge in [0, 0.05) is 24.7 Å². The van der Waals surface area contributed by atoms with E-state index in [0.717, 1.165) is 31.5 Å². The van der Waals surface area contributed by atoms with Crippen LogP contribution in [0.25, 0.3) is 0 Å². The van der Waals surface area contributed by atoms with Crippen LogP contribution in [0.1, 0.15) is 29.9 Å². The van der Waals surface area contributed by atoms with Gasteiger partial charge in [-0.05, 0) is 81.4 Å². The fourth-order valence-electron chi connectivity index (χ4n) is 4.46. The zero-order valence-corrected chi connectivity index (χ0v) is 16.5. The molecule has 2 aromatic carbocycles. The molecule has 0 amide bonds. The zero-order valence-electron chi connectivity index (χ0n) is 15.6. The molecule has 4 rings (SSSR count). The van der Waals surface area contributed by atoms with Crippen LogP contribution < -0.4 is 4.90 Å². The maximum Gasteiger partial charge on any atom is 0.206 e. The predicted molar refractivity (Wildman–Crippen MR) is 105 cm³/mol. The van der Waals surface area contributed by atoms with Crippen molar-refractivity contribution in [2.24, 2.45) is 0 Å². The van der Waals surface area contributed by atoms with Gasteiger partial charge in [0.15, 0.2) is 0 Å². The molecule has 0 bridgehead atoms. The largest absolute Gasteiger partial charge is 0.371 e. The van der Waals surface area contributed by atoms with Crippen LogP contribution in [0.5, 0.6) is 0 Å². The van der Waals surface area contributed by atoms with Crippen LogP contribution in [0.4, 0.5) is 5.69 Å². The van der Waals surface area contributed by atoms with E-state index < -0.39 is 9.84 Å². The van der Waals surface area contributed by atoms with Crippen LogP contribution in [0.15, 0.2) is 52.3 Å². The van der Waals surface area contributed by atoms with E-state index in [9.17, 15) is 8.42 Å². The SMILES string of the molecule is Cc1cccc(S(=O)(=O)c2ccc3c(c2)[C@@H]2CCN(C)CC[C@@H]2N3C)c1. The van der Waals surface area contributed by atoms with E-state index in [4.69, 9.17) is 0 Å². The van der Waals surface area contributed by atoms with Crippen LogP contribution >= 0.6 is 0 Å². The van der Waals surface area contributed by atoms with Gasteiger partial charge in [0.05, 0.1) is 9.79 Å². The molecule has 0 saturated carbocycles. The number of aryl methyl sites for hydroxylation is 1. The molecule has 2 aromatic rings. The Bertz CT molecular complexity index is 939. The lowest BCUT2D eigenvalue weighted by molar-refractivity contribution is 0.345. The summed E-state index contributed by atoms with van der Waals surface area (Å²) >= 11 is 0. The first-order valence-corrected chi connectivity index (χ1v) is 10.7. The number of hydrogen-bond acceptors (Lipinski definition) is 4. The van der Waals surface area contributed by atoms with Gasteiger partial charge in [-0.1, -0.05) is 12.1 Å². The van der Waals surface area contributed by atoms with E-state index in [1.807, 2.05) is 25.1 Å². The Balaban J connectivity index is 1.76. The summed E-state index contributed by atoms with van der Waals surface area (Å²) in [4.78, 5) is 5.51. The third kappa shape index (κ3) is 2.83. The number of fused-ring (bicyclic) bond motifs is 3. The molecule has 0 aliphatic carbocycles. The summed E-state index contributed by atoms with van der Waals surface area (Å²) in [5.41, 5.74) is 3.34. The summed E-state index contributed by atoms with van der Waals surface area (Å²) in [7, 11) is 0.822. The molecule has 0 aromatic heterocycles. The highest BCUT2D eigenvalue weighted by molar-refractivity contribution is 7.91. The Morgan fingerprint density at radius 3 is 2.46 bits per heavy atom. The minimum atomic E-state index is -3.49. The van der Waals surface area contributed by atoms with Crippen molar-refractivity contribution in [2.45, 2.75) is 41.5 Å². The monoisotopic (exact) mass is 370 g/mol. The van der Waals surface area contributed by atoms with Crippen molar-refractivity contribution in [3.8, 4) is 0 Å². The molecule has 0 radical (unpaired) electrons. The average molecular weight is 371 g/mol. The fourth-order valence-corrected chi connectivity index (χ4v) is 5.86. The molecule has 0 spiro atoms. The Morgan fingerprint density at radius 2 is 1.69 bits per heavy atom. The highest BCUT2D eigenvalue weighted by Crippen LogP contribution is 2.45. The van der Waals surface area contributed by atoms with Gasteiger partial charge in [-0.25, -0.2) is 8.42 Å². The van der Waals surface area contributed by atoms with Crippen molar-refractivity contribution in [3.63, 3.8) is 0 Å². The molecule has 0 N–H and O–H groups in total. The predicted octanol–water partition coefficient (Wildman–Crippen LogP) is 3.46. The second kappa shape index (κ2) is 6.39. The number of sulfone groups is 1.